The first-order valence-corrected chi connectivity index (χ1v) is 7.22. The average molecular weight is 310 g/mol. The Bertz CT molecular complexity index is 788. The van der Waals surface area contributed by atoms with E-state index in [0.29, 0.717) is 12.1 Å². The van der Waals surface area contributed by atoms with Gasteiger partial charge in [-0.05, 0) is 47.4 Å². The second-order valence-electron chi connectivity index (χ2n) is 5.44. The van der Waals surface area contributed by atoms with Crippen LogP contribution in [0.5, 0.6) is 5.75 Å². The van der Waals surface area contributed by atoms with Crippen LogP contribution >= 0.6 is 0 Å². The van der Waals surface area contributed by atoms with Gasteiger partial charge in [-0.15, -0.1) is 0 Å². The minimum absolute atomic E-state index is 0.0270. The number of carbonyl (C=O) groups is 1. The van der Waals surface area contributed by atoms with Gasteiger partial charge in [-0.2, -0.15) is 0 Å². The molecule has 0 bridgehead atoms. The molecule has 6 heteroatoms. The maximum atomic E-state index is 11.6. The molecule has 0 saturated carbocycles. The quantitative estimate of drug-likeness (QED) is 0.791. The molecule has 2 aromatic rings. The highest BCUT2D eigenvalue weighted by molar-refractivity contribution is 6.18. The lowest BCUT2D eigenvalue weighted by Crippen LogP contribution is -2.52. The number of anilines is 1. The number of primary amides is 1. The Morgan fingerprint density at radius 3 is 2.70 bits per heavy atom. The third-order valence-corrected chi connectivity index (χ3v) is 3.98. The van der Waals surface area contributed by atoms with Crippen molar-refractivity contribution in [1.29, 1.82) is 5.41 Å². The predicted octanol–water partition coefficient (Wildman–Crippen LogP) is 2.11. The number of ether oxygens (including phenoxy) is 1. The van der Waals surface area contributed by atoms with E-state index in [1.54, 1.807) is 13.2 Å². The Morgan fingerprint density at radius 2 is 2.00 bits per heavy atom. The molecule has 1 atom stereocenters. The van der Waals surface area contributed by atoms with Gasteiger partial charge in [0.25, 0.3) is 0 Å². The van der Waals surface area contributed by atoms with Gasteiger partial charge in [0.05, 0.1) is 18.8 Å². The van der Waals surface area contributed by atoms with Crippen LogP contribution in [0.1, 0.15) is 5.56 Å². The lowest BCUT2D eigenvalue weighted by Gasteiger charge is -2.32. The number of fused-ring (bicyclic) bond motifs is 1. The molecule has 3 rings (SSSR count). The SMILES string of the molecule is COc1cccc(-c2ccc3c(c2)CC(N)C(=N)N3C(N)=O)c1. The van der Waals surface area contributed by atoms with Crippen LogP contribution in [-0.2, 0) is 6.42 Å². The third-order valence-electron chi connectivity index (χ3n) is 3.98. The van der Waals surface area contributed by atoms with E-state index in [9.17, 15) is 4.79 Å². The van der Waals surface area contributed by atoms with Crippen LogP contribution in [0.4, 0.5) is 10.5 Å². The largest absolute Gasteiger partial charge is 0.497 e. The van der Waals surface area contributed by atoms with Crippen molar-refractivity contribution in [3.63, 3.8) is 0 Å². The summed E-state index contributed by atoms with van der Waals surface area (Å²) in [5, 5.41) is 7.97. The molecule has 2 aromatic carbocycles. The second kappa shape index (κ2) is 5.73. The number of amidine groups is 1. The van der Waals surface area contributed by atoms with E-state index in [4.69, 9.17) is 21.6 Å². The van der Waals surface area contributed by atoms with E-state index in [1.165, 1.54) is 4.90 Å². The lowest BCUT2D eigenvalue weighted by atomic mass is 9.93. The molecule has 5 N–H and O–H groups in total. The summed E-state index contributed by atoms with van der Waals surface area (Å²) in [5.74, 6) is 0.802. The maximum Gasteiger partial charge on any atom is 0.324 e. The molecule has 0 fully saturated rings. The Balaban J connectivity index is 2.07. The molecule has 1 heterocycles. The van der Waals surface area contributed by atoms with Crippen molar-refractivity contribution < 1.29 is 9.53 Å². The molecule has 0 radical (unpaired) electrons. The zero-order chi connectivity index (χ0) is 16.6. The fourth-order valence-electron chi connectivity index (χ4n) is 2.82. The normalized spacial score (nSPS) is 16.9. The van der Waals surface area contributed by atoms with Gasteiger partial charge in [-0.3, -0.25) is 5.41 Å². The first-order valence-electron chi connectivity index (χ1n) is 7.22. The number of nitrogens with one attached hydrogen (secondary N) is 1. The van der Waals surface area contributed by atoms with Gasteiger partial charge in [0.2, 0.25) is 0 Å². The van der Waals surface area contributed by atoms with Crippen molar-refractivity contribution in [2.75, 3.05) is 12.0 Å². The third kappa shape index (κ3) is 2.64. The smallest absolute Gasteiger partial charge is 0.324 e. The highest BCUT2D eigenvalue weighted by Gasteiger charge is 2.30. The number of urea groups is 1. The van der Waals surface area contributed by atoms with Crippen molar-refractivity contribution in [2.45, 2.75) is 12.5 Å². The van der Waals surface area contributed by atoms with E-state index < -0.39 is 12.1 Å². The van der Waals surface area contributed by atoms with Gasteiger partial charge < -0.3 is 16.2 Å². The summed E-state index contributed by atoms with van der Waals surface area (Å²) >= 11 is 0. The molecular formula is C17H18N4O2. The van der Waals surface area contributed by atoms with Crippen LogP contribution in [0.25, 0.3) is 11.1 Å². The summed E-state index contributed by atoms with van der Waals surface area (Å²) in [7, 11) is 1.63. The minimum Gasteiger partial charge on any atom is -0.497 e. The van der Waals surface area contributed by atoms with Crippen molar-refractivity contribution in [1.82, 2.24) is 0 Å². The number of nitrogens with two attached hydrogens (primary N) is 2. The number of amides is 2. The molecule has 1 aliphatic rings. The zero-order valence-electron chi connectivity index (χ0n) is 12.7. The molecule has 118 valence electrons. The van der Waals surface area contributed by atoms with Gasteiger partial charge in [-0.1, -0.05) is 18.2 Å². The van der Waals surface area contributed by atoms with E-state index in [1.807, 2.05) is 36.4 Å². The number of benzene rings is 2. The number of hydrogen-bond acceptors (Lipinski definition) is 4. The number of nitrogens with zero attached hydrogens (tertiary/aromatic N) is 1. The number of methoxy groups -OCH3 is 1. The number of rotatable bonds is 2. The molecule has 2 amide bonds. The maximum absolute atomic E-state index is 11.6. The van der Waals surface area contributed by atoms with Gasteiger partial charge in [0.1, 0.15) is 11.6 Å². The van der Waals surface area contributed by atoms with E-state index >= 15 is 0 Å². The molecule has 0 spiro atoms. The van der Waals surface area contributed by atoms with Crippen LogP contribution in [0.15, 0.2) is 42.5 Å². The summed E-state index contributed by atoms with van der Waals surface area (Å²) in [6.45, 7) is 0. The zero-order valence-corrected chi connectivity index (χ0v) is 12.7. The summed E-state index contributed by atoms with van der Waals surface area (Å²) in [5.41, 5.74) is 14.9. The molecule has 1 unspecified atom stereocenters. The average Bonchev–Trinajstić information content (AvgIpc) is 2.55. The minimum atomic E-state index is -0.694. The Labute approximate surface area is 134 Å². The number of hydrogen-bond donors (Lipinski definition) is 3. The first-order chi connectivity index (χ1) is 11.0. The van der Waals surface area contributed by atoms with Gasteiger partial charge in [-0.25, -0.2) is 9.69 Å². The van der Waals surface area contributed by atoms with Crippen LogP contribution < -0.4 is 21.1 Å². The van der Waals surface area contributed by atoms with Gasteiger partial charge in [0, 0.05) is 0 Å². The van der Waals surface area contributed by atoms with E-state index in [0.717, 1.165) is 22.4 Å². The molecule has 0 aliphatic carbocycles. The number of carbonyl (C=O) groups excluding carboxylic acids is 1. The predicted molar refractivity (Wildman–Crippen MR) is 89.9 cm³/mol. The van der Waals surface area contributed by atoms with Crippen molar-refractivity contribution in [3.05, 3.63) is 48.0 Å². The highest BCUT2D eigenvalue weighted by Crippen LogP contribution is 2.32. The monoisotopic (exact) mass is 310 g/mol. The highest BCUT2D eigenvalue weighted by atomic mass is 16.5. The van der Waals surface area contributed by atoms with Crippen molar-refractivity contribution in [3.8, 4) is 16.9 Å². The van der Waals surface area contributed by atoms with Crippen LogP contribution in [0.3, 0.4) is 0 Å². The Kier molecular flexibility index (Phi) is 3.75. The van der Waals surface area contributed by atoms with Crippen molar-refractivity contribution >= 4 is 17.6 Å². The second-order valence-corrected chi connectivity index (χ2v) is 5.44. The fraction of sp³-hybridized carbons (Fsp3) is 0.176. The van der Waals surface area contributed by atoms with Crippen molar-refractivity contribution in [2.24, 2.45) is 11.5 Å². The molecule has 6 nitrogen and oxygen atoms in total. The summed E-state index contributed by atoms with van der Waals surface area (Å²) in [6, 6.07) is 12.2. The van der Waals surface area contributed by atoms with Crippen LogP contribution in [0, 0.1) is 5.41 Å². The van der Waals surface area contributed by atoms with Gasteiger partial charge in [0.15, 0.2) is 0 Å². The van der Waals surface area contributed by atoms with E-state index in [-0.39, 0.29) is 5.84 Å². The standard InChI is InChI=1S/C17H18N4O2/c1-23-13-4-2-3-10(8-13)11-5-6-15-12(7-11)9-14(18)16(19)21(15)17(20)22/h2-8,14,19H,9,18H2,1H3,(H2,20,22). The molecule has 23 heavy (non-hydrogen) atoms. The molecule has 0 aromatic heterocycles. The van der Waals surface area contributed by atoms with Crippen LogP contribution in [0.2, 0.25) is 0 Å². The lowest BCUT2D eigenvalue weighted by molar-refractivity contribution is 0.256. The summed E-state index contributed by atoms with van der Waals surface area (Å²) in [4.78, 5) is 12.8. The molecule has 1 aliphatic heterocycles. The Morgan fingerprint density at radius 1 is 1.26 bits per heavy atom. The summed E-state index contributed by atoms with van der Waals surface area (Å²) < 4.78 is 5.25. The van der Waals surface area contributed by atoms with E-state index in [2.05, 4.69) is 0 Å². The topological polar surface area (TPSA) is 105 Å². The Hall–Kier alpha value is -2.86. The first kappa shape index (κ1) is 15.1. The summed E-state index contributed by atoms with van der Waals surface area (Å²) in [6.07, 6.45) is 0.496. The van der Waals surface area contributed by atoms with Gasteiger partial charge >= 0.3 is 6.03 Å². The molecular weight excluding hydrogens is 292 g/mol. The molecule has 0 saturated heterocycles. The van der Waals surface area contributed by atoms with Crippen LogP contribution in [-0.4, -0.2) is 25.0 Å². The fourth-order valence-corrected chi connectivity index (χ4v) is 2.82.